The third-order valence-corrected chi connectivity index (χ3v) is 11.2. The summed E-state index contributed by atoms with van der Waals surface area (Å²) < 4.78 is 39.4. The lowest BCUT2D eigenvalue weighted by Gasteiger charge is -2.46. The van der Waals surface area contributed by atoms with Crippen LogP contribution in [0.1, 0.15) is 5.01 Å². The predicted molar refractivity (Wildman–Crippen MR) is 167 cm³/mol. The number of thiazole rings is 1. The molecule has 1 aromatic carbocycles. The SMILES string of the molecule is O=S(=O)(c1ccccc1)n1ccc2c(-c3nc(N4CCOCC4)c4nc(CN5CC(N6CCOCC6)C5)sc4n3)nccc21. The Kier molecular flexibility index (Phi) is 7.27. The molecule has 0 amide bonds. The maximum atomic E-state index is 13.5. The summed E-state index contributed by atoms with van der Waals surface area (Å²) in [6.45, 7) is 9.09. The van der Waals surface area contributed by atoms with Crippen LogP contribution < -0.4 is 4.90 Å². The van der Waals surface area contributed by atoms with Crippen molar-refractivity contribution >= 4 is 48.4 Å². The number of aromatic nitrogens is 5. The molecule has 14 heteroatoms. The molecule has 12 nitrogen and oxygen atoms in total. The predicted octanol–water partition coefficient (Wildman–Crippen LogP) is 2.69. The maximum absolute atomic E-state index is 13.5. The summed E-state index contributed by atoms with van der Waals surface area (Å²) in [6, 6.07) is 12.5. The van der Waals surface area contributed by atoms with Crippen LogP contribution in [0.25, 0.3) is 32.8 Å². The van der Waals surface area contributed by atoms with Crippen LogP contribution in [0.5, 0.6) is 0 Å². The number of nitrogens with zero attached hydrogens (tertiary/aromatic N) is 8. The first-order valence-electron chi connectivity index (χ1n) is 14.9. The van der Waals surface area contributed by atoms with E-state index in [1.54, 1.807) is 66.2 Å². The zero-order valence-corrected chi connectivity index (χ0v) is 25.7. The lowest BCUT2D eigenvalue weighted by Crippen LogP contribution is -2.60. The number of fused-ring (bicyclic) bond motifs is 2. The molecule has 3 aliphatic heterocycles. The van der Waals surface area contributed by atoms with E-state index in [0.717, 1.165) is 67.1 Å². The van der Waals surface area contributed by atoms with Gasteiger partial charge in [0.25, 0.3) is 10.0 Å². The van der Waals surface area contributed by atoms with E-state index in [4.69, 9.17) is 24.4 Å². The zero-order chi connectivity index (χ0) is 29.7. The molecular formula is C30H32N8O4S2. The van der Waals surface area contributed by atoms with Gasteiger partial charge in [-0.15, -0.1) is 0 Å². The number of ether oxygens (including phenoxy) is 2. The number of anilines is 1. The molecule has 7 heterocycles. The molecule has 0 aliphatic carbocycles. The third kappa shape index (κ3) is 5.04. The number of pyridine rings is 1. The third-order valence-electron chi connectivity index (χ3n) is 8.55. The van der Waals surface area contributed by atoms with Crippen LogP contribution in [0.2, 0.25) is 0 Å². The van der Waals surface area contributed by atoms with E-state index in [9.17, 15) is 8.42 Å². The molecule has 0 bridgehead atoms. The quantitative estimate of drug-likeness (QED) is 0.264. The second-order valence-electron chi connectivity index (χ2n) is 11.2. The topological polar surface area (TPSA) is 119 Å². The van der Waals surface area contributed by atoms with Crippen molar-refractivity contribution in [2.24, 2.45) is 0 Å². The van der Waals surface area contributed by atoms with Crippen LogP contribution in [0.3, 0.4) is 0 Å². The Balaban J connectivity index is 1.15. The van der Waals surface area contributed by atoms with Crippen molar-refractivity contribution in [1.82, 2.24) is 33.7 Å². The van der Waals surface area contributed by atoms with Crippen LogP contribution in [-0.2, 0) is 26.0 Å². The maximum Gasteiger partial charge on any atom is 0.268 e. The molecule has 0 atom stereocenters. The highest BCUT2D eigenvalue weighted by Crippen LogP contribution is 2.34. The molecule has 0 saturated carbocycles. The van der Waals surface area contributed by atoms with Crippen molar-refractivity contribution in [3.05, 3.63) is 59.9 Å². The van der Waals surface area contributed by atoms with Gasteiger partial charge >= 0.3 is 0 Å². The standard InChI is InChI=1S/C30H32N8O4S2/c39-44(40,22-4-2-1-3-5-22)38-9-7-23-24(38)6-8-31-26(23)28-33-29(37-12-16-42-17-13-37)27-30(34-28)43-25(32-27)20-35-18-21(19-35)36-10-14-41-15-11-36/h1-9,21H,10-20H2. The van der Waals surface area contributed by atoms with Gasteiger partial charge in [-0.1, -0.05) is 29.5 Å². The molecule has 3 aliphatic rings. The van der Waals surface area contributed by atoms with Gasteiger partial charge in [0.15, 0.2) is 11.6 Å². The van der Waals surface area contributed by atoms with E-state index in [2.05, 4.69) is 19.7 Å². The molecular weight excluding hydrogens is 601 g/mol. The molecule has 5 aromatic rings. The van der Waals surface area contributed by atoms with Gasteiger partial charge in [-0.2, -0.15) is 0 Å². The first-order chi connectivity index (χ1) is 21.5. The molecule has 0 radical (unpaired) electrons. The largest absolute Gasteiger partial charge is 0.379 e. The van der Waals surface area contributed by atoms with Crippen molar-refractivity contribution in [1.29, 1.82) is 0 Å². The lowest BCUT2D eigenvalue weighted by molar-refractivity contribution is -0.0344. The molecule has 3 saturated heterocycles. The molecule has 0 unspecified atom stereocenters. The molecule has 44 heavy (non-hydrogen) atoms. The van der Waals surface area contributed by atoms with E-state index in [1.165, 1.54) is 3.97 Å². The molecule has 0 spiro atoms. The van der Waals surface area contributed by atoms with Crippen LogP contribution >= 0.6 is 11.3 Å². The first kappa shape index (κ1) is 28.0. The van der Waals surface area contributed by atoms with E-state index in [1.807, 2.05) is 0 Å². The van der Waals surface area contributed by atoms with Crippen molar-refractivity contribution in [3.8, 4) is 11.5 Å². The minimum Gasteiger partial charge on any atom is -0.379 e. The van der Waals surface area contributed by atoms with Crippen LogP contribution in [-0.4, -0.2) is 114 Å². The number of benzene rings is 1. The number of likely N-dealkylation sites (tertiary alicyclic amines) is 1. The second-order valence-corrected chi connectivity index (χ2v) is 14.1. The Bertz CT molecular complexity index is 1910. The fraction of sp³-hybridized carbons (Fsp3) is 0.400. The number of hydrogen-bond donors (Lipinski definition) is 0. The second kappa shape index (κ2) is 11.4. The van der Waals surface area contributed by atoms with E-state index >= 15 is 0 Å². The Morgan fingerprint density at radius 2 is 1.64 bits per heavy atom. The van der Waals surface area contributed by atoms with Gasteiger partial charge in [-0.25, -0.2) is 27.3 Å². The van der Waals surface area contributed by atoms with Gasteiger partial charge in [-0.3, -0.25) is 14.8 Å². The molecule has 8 rings (SSSR count). The van der Waals surface area contributed by atoms with Crippen molar-refractivity contribution < 1.29 is 17.9 Å². The summed E-state index contributed by atoms with van der Waals surface area (Å²) in [5.41, 5.74) is 1.84. The molecule has 228 valence electrons. The Labute approximate surface area is 258 Å². The summed E-state index contributed by atoms with van der Waals surface area (Å²) >= 11 is 1.59. The average Bonchev–Trinajstić information content (AvgIpc) is 3.68. The molecule has 4 aromatic heterocycles. The van der Waals surface area contributed by atoms with Crippen molar-refractivity contribution in [2.45, 2.75) is 17.5 Å². The highest BCUT2D eigenvalue weighted by molar-refractivity contribution is 7.90. The minimum absolute atomic E-state index is 0.221. The van der Waals surface area contributed by atoms with Crippen LogP contribution in [0, 0.1) is 0 Å². The summed E-state index contributed by atoms with van der Waals surface area (Å²) in [7, 11) is -3.79. The Hall–Kier alpha value is -3.53. The summed E-state index contributed by atoms with van der Waals surface area (Å²) in [6.07, 6.45) is 3.19. The summed E-state index contributed by atoms with van der Waals surface area (Å²) in [5, 5.41) is 1.67. The van der Waals surface area contributed by atoms with E-state index in [0.29, 0.717) is 54.8 Å². The van der Waals surface area contributed by atoms with E-state index < -0.39 is 10.0 Å². The monoisotopic (exact) mass is 632 g/mol. The van der Waals surface area contributed by atoms with Gasteiger partial charge in [-0.05, 0) is 24.3 Å². The highest BCUT2D eigenvalue weighted by atomic mass is 32.2. The average molecular weight is 633 g/mol. The van der Waals surface area contributed by atoms with Gasteiger partial charge in [0.05, 0.1) is 43.4 Å². The zero-order valence-electron chi connectivity index (χ0n) is 24.1. The fourth-order valence-corrected chi connectivity index (χ4v) is 8.53. The Morgan fingerprint density at radius 3 is 2.41 bits per heavy atom. The summed E-state index contributed by atoms with van der Waals surface area (Å²) in [5.74, 6) is 1.21. The van der Waals surface area contributed by atoms with Crippen molar-refractivity contribution in [2.75, 3.05) is 70.6 Å². The Morgan fingerprint density at radius 1 is 0.886 bits per heavy atom. The molecule has 0 N–H and O–H groups in total. The fourth-order valence-electron chi connectivity index (χ4n) is 6.19. The summed E-state index contributed by atoms with van der Waals surface area (Å²) in [4.78, 5) is 27.9. The first-order valence-corrected chi connectivity index (χ1v) is 17.1. The smallest absolute Gasteiger partial charge is 0.268 e. The normalized spacial score (nSPS) is 19.1. The van der Waals surface area contributed by atoms with Gasteiger partial charge < -0.3 is 14.4 Å². The van der Waals surface area contributed by atoms with Crippen LogP contribution in [0.15, 0.2) is 59.8 Å². The molecule has 3 fully saturated rings. The lowest BCUT2D eigenvalue weighted by atomic mass is 10.1. The van der Waals surface area contributed by atoms with E-state index in [-0.39, 0.29) is 4.90 Å². The highest BCUT2D eigenvalue weighted by Gasteiger charge is 2.33. The number of hydrogen-bond acceptors (Lipinski definition) is 12. The van der Waals surface area contributed by atoms with Gasteiger partial charge in [0, 0.05) is 63.1 Å². The van der Waals surface area contributed by atoms with Gasteiger partial charge in [0.1, 0.15) is 21.0 Å². The number of rotatable bonds is 7. The van der Waals surface area contributed by atoms with Crippen molar-refractivity contribution in [3.63, 3.8) is 0 Å². The van der Waals surface area contributed by atoms with Gasteiger partial charge in [0.2, 0.25) is 0 Å². The minimum atomic E-state index is -3.79. The van der Waals surface area contributed by atoms with Crippen LogP contribution in [0.4, 0.5) is 5.82 Å². The number of morpholine rings is 2.